The van der Waals surface area contributed by atoms with Crippen molar-refractivity contribution in [2.24, 2.45) is 0 Å². The van der Waals surface area contributed by atoms with Crippen LogP contribution in [-0.4, -0.2) is 62.8 Å². The summed E-state index contributed by atoms with van der Waals surface area (Å²) in [6, 6.07) is 0. The minimum absolute atomic E-state index is 0.695. The largest absolute Gasteiger partial charge is 0.394 e. The molecule has 1 aliphatic heterocycles. The summed E-state index contributed by atoms with van der Waals surface area (Å²) in [6.45, 7) is -0.695. The topological polar surface area (TPSA) is 143 Å². The predicted molar refractivity (Wildman–Crippen MR) is 41.8 cm³/mol. The third kappa shape index (κ3) is 2.52. The molecule has 1 fully saturated rings. The molecule has 88 valence electrons. The molecule has 5 atom stereocenters. The number of nitrogens with zero attached hydrogens (tertiary/aromatic N) is 1. The van der Waals surface area contributed by atoms with Crippen molar-refractivity contribution in [3.8, 4) is 0 Å². The molecule has 0 radical (unpaired) electrons. The normalized spacial score (nSPS) is 41.2. The first kappa shape index (κ1) is 12.1. The molecule has 1 aliphatic rings. The number of hydrogen-bond acceptors (Lipinski definition) is 8. The number of ether oxygens (including phenoxy) is 1. The van der Waals surface area contributed by atoms with Gasteiger partial charge in [0.15, 0.2) is 12.4 Å². The summed E-state index contributed by atoms with van der Waals surface area (Å²) in [4.78, 5) is 14.1. The van der Waals surface area contributed by atoms with E-state index in [9.17, 15) is 15.2 Å². The Kier molecular flexibility index (Phi) is 3.77. The van der Waals surface area contributed by atoms with Gasteiger partial charge in [-0.05, 0) is 0 Å². The molecule has 1 rings (SSSR count). The van der Waals surface area contributed by atoms with Gasteiger partial charge >= 0.3 is 0 Å². The summed E-state index contributed by atoms with van der Waals surface area (Å²) in [5, 5.41) is 45.1. The predicted octanol–water partition coefficient (Wildman–Crippen LogP) is -3.01. The van der Waals surface area contributed by atoms with Crippen LogP contribution in [0.3, 0.4) is 0 Å². The molecule has 9 heteroatoms. The summed E-state index contributed by atoms with van der Waals surface area (Å²) in [5.41, 5.74) is 0. The molecule has 0 amide bonds. The third-order valence-corrected chi connectivity index (χ3v) is 2.05. The number of aliphatic hydroxyl groups is 4. The van der Waals surface area contributed by atoms with Crippen molar-refractivity contribution in [3.63, 3.8) is 0 Å². The molecule has 0 unspecified atom stereocenters. The van der Waals surface area contributed by atoms with E-state index in [1.807, 2.05) is 0 Å². The zero-order chi connectivity index (χ0) is 11.6. The molecule has 0 bridgehead atoms. The van der Waals surface area contributed by atoms with Gasteiger partial charge < -0.3 is 30.0 Å². The number of rotatable bonds is 3. The lowest BCUT2D eigenvalue weighted by atomic mass is 9.99. The Bertz CT molecular complexity index is 233. The zero-order valence-electron chi connectivity index (χ0n) is 7.46. The first-order chi connectivity index (χ1) is 6.97. The van der Waals surface area contributed by atoms with Crippen LogP contribution in [0, 0.1) is 10.1 Å². The molecule has 1 saturated heterocycles. The van der Waals surface area contributed by atoms with E-state index in [1.165, 1.54) is 0 Å². The minimum Gasteiger partial charge on any atom is -0.394 e. The van der Waals surface area contributed by atoms with Crippen molar-refractivity contribution in [2.75, 3.05) is 6.61 Å². The summed E-state index contributed by atoms with van der Waals surface area (Å²) in [6.07, 6.45) is -7.97. The summed E-state index contributed by atoms with van der Waals surface area (Å²) in [5.74, 6) is 0. The van der Waals surface area contributed by atoms with E-state index < -0.39 is 42.4 Å². The lowest BCUT2D eigenvalue weighted by Crippen LogP contribution is -2.59. The molecular weight excluding hydrogens is 214 g/mol. The lowest BCUT2D eigenvalue weighted by Gasteiger charge is -2.38. The fourth-order valence-electron chi connectivity index (χ4n) is 1.30. The maximum Gasteiger partial charge on any atom is 0.294 e. The Labute approximate surface area is 83.6 Å². The highest BCUT2D eigenvalue weighted by atomic mass is 17.0. The second-order valence-corrected chi connectivity index (χ2v) is 3.02. The standard InChI is InChI=1S/C6H11NO8/c8-1-2-5(15-7(12)13)3(9)4(10)6(11)14-2/h2-6,8-11H,1H2/t2-,3-,4-,5+,6+/m1/s1. The molecule has 0 spiro atoms. The van der Waals surface area contributed by atoms with Gasteiger partial charge in [0.2, 0.25) is 0 Å². The lowest BCUT2D eigenvalue weighted by molar-refractivity contribution is -0.774. The first-order valence-corrected chi connectivity index (χ1v) is 4.09. The van der Waals surface area contributed by atoms with Crippen LogP contribution in [0.25, 0.3) is 0 Å². The molecule has 15 heavy (non-hydrogen) atoms. The maximum atomic E-state index is 10.1. The Morgan fingerprint density at radius 1 is 1.33 bits per heavy atom. The average Bonchev–Trinajstić information content (AvgIpc) is 2.18. The van der Waals surface area contributed by atoms with Gasteiger partial charge in [0.05, 0.1) is 6.61 Å². The second kappa shape index (κ2) is 4.68. The van der Waals surface area contributed by atoms with Crippen molar-refractivity contribution >= 4 is 0 Å². The van der Waals surface area contributed by atoms with Gasteiger partial charge in [0.25, 0.3) is 5.09 Å². The SMILES string of the molecule is O=[N+]([O-])O[C@@H]1[C@H](O)[C@@H](O)[C@@H](O)O[C@@H]1CO. The Balaban J connectivity index is 2.75. The van der Waals surface area contributed by atoms with Gasteiger partial charge in [-0.1, -0.05) is 0 Å². The van der Waals surface area contributed by atoms with Crippen LogP contribution in [0.15, 0.2) is 0 Å². The van der Waals surface area contributed by atoms with E-state index in [1.54, 1.807) is 0 Å². The number of hydrogen-bond donors (Lipinski definition) is 4. The van der Waals surface area contributed by atoms with Gasteiger partial charge in [-0.2, -0.15) is 0 Å². The molecule has 9 nitrogen and oxygen atoms in total. The quantitative estimate of drug-likeness (QED) is 0.294. The van der Waals surface area contributed by atoms with E-state index in [2.05, 4.69) is 9.57 Å². The fourth-order valence-corrected chi connectivity index (χ4v) is 1.30. The summed E-state index contributed by atoms with van der Waals surface area (Å²) >= 11 is 0. The molecule has 0 aromatic carbocycles. The van der Waals surface area contributed by atoms with Gasteiger partial charge in [0.1, 0.15) is 18.3 Å². The smallest absolute Gasteiger partial charge is 0.294 e. The highest BCUT2D eigenvalue weighted by Gasteiger charge is 2.45. The average molecular weight is 225 g/mol. The monoisotopic (exact) mass is 225 g/mol. The van der Waals surface area contributed by atoms with Crippen molar-refractivity contribution in [1.29, 1.82) is 0 Å². The molecular formula is C6H11NO8. The first-order valence-electron chi connectivity index (χ1n) is 4.09. The minimum atomic E-state index is -1.72. The van der Waals surface area contributed by atoms with E-state index in [4.69, 9.17) is 15.3 Å². The van der Waals surface area contributed by atoms with Crippen molar-refractivity contribution in [1.82, 2.24) is 0 Å². The molecule has 4 N–H and O–H groups in total. The molecule has 0 aliphatic carbocycles. The molecule has 0 aromatic heterocycles. The van der Waals surface area contributed by atoms with E-state index in [0.29, 0.717) is 0 Å². The van der Waals surface area contributed by atoms with Crippen molar-refractivity contribution < 1.29 is 35.1 Å². The Hall–Kier alpha value is -1.00. The van der Waals surface area contributed by atoms with Crippen LogP contribution in [0.2, 0.25) is 0 Å². The summed E-state index contributed by atoms with van der Waals surface area (Å²) < 4.78 is 4.60. The Morgan fingerprint density at radius 3 is 2.40 bits per heavy atom. The van der Waals surface area contributed by atoms with Gasteiger partial charge in [-0.25, -0.2) is 0 Å². The van der Waals surface area contributed by atoms with Crippen LogP contribution in [0.5, 0.6) is 0 Å². The highest BCUT2D eigenvalue weighted by Crippen LogP contribution is 2.22. The van der Waals surface area contributed by atoms with E-state index in [-0.39, 0.29) is 0 Å². The van der Waals surface area contributed by atoms with Crippen LogP contribution < -0.4 is 0 Å². The van der Waals surface area contributed by atoms with Crippen LogP contribution in [0.4, 0.5) is 0 Å². The molecule has 1 heterocycles. The third-order valence-electron chi connectivity index (χ3n) is 2.05. The maximum absolute atomic E-state index is 10.1. The zero-order valence-corrected chi connectivity index (χ0v) is 7.46. The summed E-state index contributed by atoms with van der Waals surface area (Å²) in [7, 11) is 0. The molecule has 0 aromatic rings. The van der Waals surface area contributed by atoms with Gasteiger partial charge in [0, 0.05) is 0 Å². The van der Waals surface area contributed by atoms with Crippen LogP contribution >= 0.6 is 0 Å². The second-order valence-electron chi connectivity index (χ2n) is 3.02. The fraction of sp³-hybridized carbons (Fsp3) is 1.00. The van der Waals surface area contributed by atoms with Crippen molar-refractivity contribution in [2.45, 2.75) is 30.7 Å². The number of aliphatic hydroxyl groups excluding tert-OH is 4. The van der Waals surface area contributed by atoms with Crippen LogP contribution in [0.1, 0.15) is 0 Å². The van der Waals surface area contributed by atoms with Crippen molar-refractivity contribution in [3.05, 3.63) is 10.1 Å². The highest BCUT2D eigenvalue weighted by molar-refractivity contribution is 4.88. The van der Waals surface area contributed by atoms with Crippen LogP contribution in [-0.2, 0) is 9.57 Å². The molecule has 0 saturated carbocycles. The van der Waals surface area contributed by atoms with Gasteiger partial charge in [-0.15, -0.1) is 10.1 Å². The Morgan fingerprint density at radius 2 is 1.93 bits per heavy atom. The van der Waals surface area contributed by atoms with E-state index >= 15 is 0 Å². The van der Waals surface area contributed by atoms with E-state index in [0.717, 1.165) is 0 Å². The van der Waals surface area contributed by atoms with Gasteiger partial charge in [-0.3, -0.25) is 0 Å².